The Morgan fingerprint density at radius 2 is 1.89 bits per heavy atom. The van der Waals surface area contributed by atoms with Gasteiger partial charge in [0.05, 0.1) is 0 Å². The first-order valence-corrected chi connectivity index (χ1v) is 6.54. The molecule has 1 rings (SSSR count). The van der Waals surface area contributed by atoms with Gasteiger partial charge < -0.3 is 21.7 Å². The Hall–Kier alpha value is -2.05. The third-order valence-corrected chi connectivity index (χ3v) is 2.33. The van der Waals surface area contributed by atoms with E-state index in [1.807, 2.05) is 13.8 Å². The van der Waals surface area contributed by atoms with Gasteiger partial charge in [-0.05, 0) is 13.3 Å². The van der Waals surface area contributed by atoms with Crippen molar-refractivity contribution >= 4 is 23.5 Å². The molecule has 1 aromatic heterocycles. The molecule has 0 aromatic carbocycles. The topological polar surface area (TPSA) is 105 Å². The van der Waals surface area contributed by atoms with Crippen molar-refractivity contribution in [3.63, 3.8) is 0 Å². The molecule has 0 saturated carbocycles. The maximum absolute atomic E-state index is 11.4. The highest BCUT2D eigenvalue weighted by atomic mass is 16.1. The Kier molecular flexibility index (Phi) is 6.42. The monoisotopic (exact) mass is 266 g/mol. The second-order valence-electron chi connectivity index (χ2n) is 4.05. The van der Waals surface area contributed by atoms with Gasteiger partial charge in [0.25, 0.3) is 0 Å². The maximum Gasteiger partial charge on any atom is 0.223 e. The minimum absolute atomic E-state index is 0.0308. The molecule has 1 amide bonds. The van der Waals surface area contributed by atoms with Crippen molar-refractivity contribution < 1.29 is 4.79 Å². The first-order valence-electron chi connectivity index (χ1n) is 6.54. The minimum Gasteiger partial charge on any atom is -0.370 e. The molecule has 0 fully saturated rings. The predicted molar refractivity (Wildman–Crippen MR) is 77.0 cm³/mol. The van der Waals surface area contributed by atoms with Gasteiger partial charge in [-0.2, -0.15) is 9.97 Å². The van der Waals surface area contributed by atoms with Crippen LogP contribution in [0, 0.1) is 0 Å². The lowest BCUT2D eigenvalue weighted by Gasteiger charge is -2.09. The van der Waals surface area contributed by atoms with Crippen LogP contribution in [0.25, 0.3) is 0 Å². The second-order valence-corrected chi connectivity index (χ2v) is 4.05. The Balaban J connectivity index is 2.42. The first-order chi connectivity index (χ1) is 9.15. The van der Waals surface area contributed by atoms with Gasteiger partial charge >= 0.3 is 0 Å². The average molecular weight is 266 g/mol. The smallest absolute Gasteiger partial charge is 0.223 e. The van der Waals surface area contributed by atoms with Crippen molar-refractivity contribution in [2.45, 2.75) is 26.7 Å². The fraction of sp³-hybridized carbons (Fsp3) is 0.583. The van der Waals surface area contributed by atoms with Crippen molar-refractivity contribution in [1.29, 1.82) is 0 Å². The highest BCUT2D eigenvalue weighted by Gasteiger charge is 2.03. The minimum atomic E-state index is 0.0308. The van der Waals surface area contributed by atoms with Crippen molar-refractivity contribution in [3.05, 3.63) is 6.07 Å². The van der Waals surface area contributed by atoms with Gasteiger partial charge in [0.2, 0.25) is 11.9 Å². The summed E-state index contributed by atoms with van der Waals surface area (Å²) in [6.07, 6.45) is 1.34. The summed E-state index contributed by atoms with van der Waals surface area (Å²) in [5, 5.41) is 8.94. The van der Waals surface area contributed by atoms with Crippen LogP contribution in [0.4, 0.5) is 17.6 Å². The normalized spacial score (nSPS) is 10.0. The van der Waals surface area contributed by atoms with Crippen LogP contribution < -0.4 is 21.7 Å². The molecular weight excluding hydrogens is 244 g/mol. The summed E-state index contributed by atoms with van der Waals surface area (Å²) in [5.74, 6) is 1.53. The van der Waals surface area contributed by atoms with Crippen molar-refractivity contribution in [2.24, 2.45) is 0 Å². The summed E-state index contributed by atoms with van der Waals surface area (Å²) in [7, 11) is 0. The first kappa shape index (κ1) is 15.0. The number of hydrogen-bond donors (Lipinski definition) is 4. The van der Waals surface area contributed by atoms with E-state index in [0.717, 1.165) is 13.0 Å². The average Bonchev–Trinajstić information content (AvgIpc) is 2.36. The second kappa shape index (κ2) is 8.12. The molecule has 0 saturated heterocycles. The zero-order valence-corrected chi connectivity index (χ0v) is 11.5. The zero-order valence-electron chi connectivity index (χ0n) is 11.5. The summed E-state index contributed by atoms with van der Waals surface area (Å²) in [5.41, 5.74) is 5.61. The number of aromatic nitrogens is 2. The molecule has 0 atom stereocenters. The van der Waals surface area contributed by atoms with Crippen LogP contribution in [0.2, 0.25) is 0 Å². The van der Waals surface area contributed by atoms with Crippen molar-refractivity contribution in [3.8, 4) is 0 Å². The molecule has 0 aliphatic rings. The fourth-order valence-corrected chi connectivity index (χ4v) is 1.49. The third-order valence-electron chi connectivity index (χ3n) is 2.33. The van der Waals surface area contributed by atoms with Gasteiger partial charge in [-0.25, -0.2) is 0 Å². The number of nitrogens with two attached hydrogens (primary N) is 1. The number of amides is 1. The van der Waals surface area contributed by atoms with Gasteiger partial charge in [0.15, 0.2) is 0 Å². The molecule has 106 valence electrons. The lowest BCUT2D eigenvalue weighted by atomic mass is 10.3. The summed E-state index contributed by atoms with van der Waals surface area (Å²) >= 11 is 0. The molecule has 0 radical (unpaired) electrons. The number of carbonyl (C=O) groups is 1. The predicted octanol–water partition coefficient (Wildman–Crippen LogP) is 0.819. The molecule has 7 nitrogen and oxygen atoms in total. The summed E-state index contributed by atoms with van der Waals surface area (Å²) < 4.78 is 0. The van der Waals surface area contributed by atoms with Crippen LogP contribution in [0.3, 0.4) is 0 Å². The molecule has 0 bridgehead atoms. The summed E-state index contributed by atoms with van der Waals surface area (Å²) in [6.45, 7) is 5.98. The molecule has 0 spiro atoms. The van der Waals surface area contributed by atoms with Crippen molar-refractivity contribution in [1.82, 2.24) is 15.3 Å². The molecule has 19 heavy (non-hydrogen) atoms. The lowest BCUT2D eigenvalue weighted by Crippen LogP contribution is -2.26. The Bertz CT molecular complexity index is 409. The van der Waals surface area contributed by atoms with E-state index in [0.29, 0.717) is 31.1 Å². The summed E-state index contributed by atoms with van der Waals surface area (Å²) in [6, 6.07) is 1.77. The Labute approximate surface area is 113 Å². The Morgan fingerprint density at radius 3 is 2.53 bits per heavy atom. The zero-order chi connectivity index (χ0) is 14.1. The molecular formula is C12H22N6O. The van der Waals surface area contributed by atoms with Gasteiger partial charge in [-0.3, -0.25) is 4.79 Å². The van der Waals surface area contributed by atoms with E-state index < -0.39 is 0 Å². The maximum atomic E-state index is 11.4. The number of carbonyl (C=O) groups excluding carboxylic acids is 1. The van der Waals surface area contributed by atoms with Crippen LogP contribution in [0.5, 0.6) is 0 Å². The van der Waals surface area contributed by atoms with Crippen LogP contribution in [-0.4, -0.2) is 35.5 Å². The van der Waals surface area contributed by atoms with Crippen LogP contribution in [0.1, 0.15) is 26.7 Å². The number of nitrogens with one attached hydrogen (secondary N) is 3. The van der Waals surface area contributed by atoms with Gasteiger partial charge in [0, 0.05) is 32.1 Å². The number of nitrogens with zero attached hydrogens (tertiary/aromatic N) is 2. The van der Waals surface area contributed by atoms with E-state index >= 15 is 0 Å². The highest BCUT2D eigenvalue weighted by molar-refractivity contribution is 5.76. The van der Waals surface area contributed by atoms with Crippen molar-refractivity contribution in [2.75, 3.05) is 36.0 Å². The summed E-state index contributed by atoms with van der Waals surface area (Å²) in [4.78, 5) is 19.5. The van der Waals surface area contributed by atoms with Crippen LogP contribution in [-0.2, 0) is 4.79 Å². The van der Waals surface area contributed by atoms with Crippen LogP contribution >= 0.6 is 0 Å². The molecule has 0 aliphatic carbocycles. The number of rotatable bonds is 8. The van der Waals surface area contributed by atoms with Gasteiger partial charge in [0.1, 0.15) is 11.6 Å². The van der Waals surface area contributed by atoms with E-state index in [-0.39, 0.29) is 11.9 Å². The number of nitrogen functional groups attached to an aromatic ring is 1. The molecule has 1 aromatic rings. The van der Waals surface area contributed by atoms with Gasteiger partial charge in [-0.15, -0.1) is 0 Å². The quantitative estimate of drug-likeness (QED) is 0.555. The third kappa shape index (κ3) is 5.89. The van der Waals surface area contributed by atoms with E-state index in [9.17, 15) is 4.79 Å². The number of hydrogen-bond acceptors (Lipinski definition) is 6. The van der Waals surface area contributed by atoms with Crippen LogP contribution in [0.15, 0.2) is 6.07 Å². The van der Waals surface area contributed by atoms with E-state index in [1.165, 1.54) is 0 Å². The molecule has 0 aliphatic heterocycles. The van der Waals surface area contributed by atoms with Gasteiger partial charge in [-0.1, -0.05) is 6.92 Å². The Morgan fingerprint density at radius 1 is 1.21 bits per heavy atom. The molecule has 0 unspecified atom stereocenters. The number of anilines is 3. The van der Waals surface area contributed by atoms with E-state index in [1.54, 1.807) is 6.07 Å². The van der Waals surface area contributed by atoms with E-state index in [4.69, 9.17) is 5.73 Å². The largest absolute Gasteiger partial charge is 0.370 e. The lowest BCUT2D eigenvalue weighted by molar-refractivity contribution is -0.120. The molecule has 5 N–H and O–H groups in total. The molecule has 1 heterocycles. The standard InChI is InChI=1S/C12H22N6O/c1-3-6-16-11(19)5-7-15-10-8-9(14-4-2)17-12(13)18-10/h8H,3-7H2,1-2H3,(H,16,19)(H4,13,14,15,17,18). The van der Waals surface area contributed by atoms with E-state index in [2.05, 4.69) is 25.9 Å². The fourth-order valence-electron chi connectivity index (χ4n) is 1.49. The SMILES string of the molecule is CCCNC(=O)CCNc1cc(NCC)nc(N)n1. The highest BCUT2D eigenvalue weighted by Crippen LogP contribution is 2.11. The molecule has 7 heteroatoms.